The van der Waals surface area contributed by atoms with Crippen LogP contribution in [0.2, 0.25) is 0 Å². The van der Waals surface area contributed by atoms with Gasteiger partial charge in [0.25, 0.3) is 0 Å². The van der Waals surface area contributed by atoms with Crippen molar-refractivity contribution in [1.29, 1.82) is 5.26 Å². The Bertz CT molecular complexity index is 627. The lowest BCUT2D eigenvalue weighted by Gasteiger charge is -2.16. The van der Waals surface area contributed by atoms with Crippen LogP contribution in [-0.2, 0) is 25.7 Å². The van der Waals surface area contributed by atoms with E-state index in [1.54, 1.807) is 0 Å². The Kier molecular flexibility index (Phi) is 9.92. The molecule has 1 rings (SSSR count). The number of unbranched alkanes of at least 4 members (excludes halogenated alkanes) is 2. The number of nitrogens with zero attached hydrogens (tertiary/aromatic N) is 1. The third-order valence-corrected chi connectivity index (χ3v) is 3.46. The predicted octanol–water partition coefficient (Wildman–Crippen LogP) is 1.65. The number of esters is 1. The van der Waals surface area contributed by atoms with Gasteiger partial charge in [-0.1, -0.05) is 30.3 Å². The molecule has 0 aliphatic heterocycles. The van der Waals surface area contributed by atoms with Crippen LogP contribution >= 0.6 is 0 Å². The summed E-state index contributed by atoms with van der Waals surface area (Å²) in [4.78, 5) is 35.2. The van der Waals surface area contributed by atoms with Crippen molar-refractivity contribution in [2.24, 2.45) is 0 Å². The quantitative estimate of drug-likeness (QED) is 0.483. The molecule has 0 bridgehead atoms. The molecule has 0 saturated carbocycles. The highest BCUT2D eigenvalue weighted by Gasteiger charge is 2.21. The molecule has 0 saturated heterocycles. The highest BCUT2D eigenvalue weighted by molar-refractivity contribution is 5.87. The number of nitrogens with one attached hydrogen (secondary N) is 2. The number of amides is 2. The standard InChI is InChI=1S/C18H23N3O5/c1-25-17(23)15(10-6-3-7-11-19)21-16(22)12-20-18(24)26-13-14-8-4-2-5-9-14/h2,4-5,8-9,15H,3,6-7,10,12-13H2,1H3,(H,20,24)(H,21,22)/t15-/m0/s1. The Morgan fingerprint density at radius 3 is 2.58 bits per heavy atom. The summed E-state index contributed by atoms with van der Waals surface area (Å²) in [6.07, 6.45) is 1.24. The summed E-state index contributed by atoms with van der Waals surface area (Å²) in [5, 5.41) is 13.3. The average molecular weight is 361 g/mol. The normalized spacial score (nSPS) is 10.9. The summed E-state index contributed by atoms with van der Waals surface area (Å²) >= 11 is 0. The van der Waals surface area contributed by atoms with Crippen molar-refractivity contribution in [3.8, 4) is 6.07 Å². The van der Waals surface area contributed by atoms with E-state index >= 15 is 0 Å². The van der Waals surface area contributed by atoms with Gasteiger partial charge in [-0.25, -0.2) is 9.59 Å². The number of methoxy groups -OCH3 is 1. The highest BCUT2D eigenvalue weighted by atomic mass is 16.5. The van der Waals surface area contributed by atoms with E-state index < -0.39 is 24.0 Å². The van der Waals surface area contributed by atoms with E-state index in [-0.39, 0.29) is 13.2 Å². The molecule has 0 aromatic heterocycles. The predicted molar refractivity (Wildman–Crippen MR) is 92.7 cm³/mol. The van der Waals surface area contributed by atoms with Gasteiger partial charge in [-0.3, -0.25) is 4.79 Å². The van der Waals surface area contributed by atoms with Crippen molar-refractivity contribution in [1.82, 2.24) is 10.6 Å². The van der Waals surface area contributed by atoms with Crippen molar-refractivity contribution < 1.29 is 23.9 Å². The van der Waals surface area contributed by atoms with E-state index in [2.05, 4.69) is 15.4 Å². The van der Waals surface area contributed by atoms with Crippen LogP contribution in [0, 0.1) is 11.3 Å². The van der Waals surface area contributed by atoms with Gasteiger partial charge in [0, 0.05) is 6.42 Å². The zero-order valence-electron chi connectivity index (χ0n) is 14.7. The number of carbonyl (C=O) groups is 3. The molecule has 0 aliphatic rings. The number of benzene rings is 1. The first-order valence-corrected chi connectivity index (χ1v) is 8.25. The molecule has 8 heteroatoms. The molecule has 0 unspecified atom stereocenters. The second kappa shape index (κ2) is 12.3. The monoisotopic (exact) mass is 361 g/mol. The van der Waals surface area contributed by atoms with E-state index in [1.165, 1.54) is 7.11 Å². The summed E-state index contributed by atoms with van der Waals surface area (Å²) < 4.78 is 9.64. The summed E-state index contributed by atoms with van der Waals surface area (Å²) in [5.74, 6) is -1.10. The zero-order valence-corrected chi connectivity index (χ0v) is 14.7. The summed E-state index contributed by atoms with van der Waals surface area (Å²) in [5.41, 5.74) is 0.829. The Morgan fingerprint density at radius 2 is 1.92 bits per heavy atom. The van der Waals surface area contributed by atoms with Gasteiger partial charge in [-0.15, -0.1) is 0 Å². The molecule has 0 fully saturated rings. The van der Waals surface area contributed by atoms with Crippen molar-refractivity contribution in [2.45, 2.75) is 38.3 Å². The minimum absolute atomic E-state index is 0.0952. The van der Waals surface area contributed by atoms with E-state index in [9.17, 15) is 14.4 Å². The molecule has 26 heavy (non-hydrogen) atoms. The minimum Gasteiger partial charge on any atom is -0.467 e. The van der Waals surface area contributed by atoms with Gasteiger partial charge in [0.05, 0.1) is 13.2 Å². The SMILES string of the molecule is COC(=O)[C@H](CCCCC#N)NC(=O)CNC(=O)OCc1ccccc1. The van der Waals surface area contributed by atoms with E-state index in [0.29, 0.717) is 25.7 Å². The Labute approximate surface area is 152 Å². The second-order valence-corrected chi connectivity index (χ2v) is 5.46. The maximum absolute atomic E-state index is 11.9. The van der Waals surface area contributed by atoms with Crippen LogP contribution in [0.1, 0.15) is 31.2 Å². The van der Waals surface area contributed by atoms with Gasteiger partial charge in [0.15, 0.2) is 0 Å². The van der Waals surface area contributed by atoms with Crippen LogP contribution < -0.4 is 10.6 Å². The zero-order chi connectivity index (χ0) is 19.2. The van der Waals surface area contributed by atoms with Crippen LogP contribution in [0.25, 0.3) is 0 Å². The lowest BCUT2D eigenvalue weighted by molar-refractivity contribution is -0.145. The van der Waals surface area contributed by atoms with Crippen molar-refractivity contribution >= 4 is 18.0 Å². The Hall–Kier alpha value is -3.08. The van der Waals surface area contributed by atoms with Crippen molar-refractivity contribution in [3.05, 3.63) is 35.9 Å². The molecule has 2 N–H and O–H groups in total. The first-order chi connectivity index (χ1) is 12.6. The number of carbonyl (C=O) groups excluding carboxylic acids is 3. The van der Waals surface area contributed by atoms with Gasteiger partial charge in [0.1, 0.15) is 19.2 Å². The third-order valence-electron chi connectivity index (χ3n) is 3.46. The van der Waals surface area contributed by atoms with Crippen LogP contribution in [-0.4, -0.2) is 37.7 Å². The molecule has 8 nitrogen and oxygen atoms in total. The van der Waals surface area contributed by atoms with E-state index in [0.717, 1.165) is 5.56 Å². The third kappa shape index (κ3) is 8.68. The lowest BCUT2D eigenvalue weighted by Crippen LogP contribution is -2.46. The molecule has 1 aromatic carbocycles. The lowest BCUT2D eigenvalue weighted by atomic mass is 10.1. The van der Waals surface area contributed by atoms with Crippen molar-refractivity contribution in [2.75, 3.05) is 13.7 Å². The van der Waals surface area contributed by atoms with E-state index in [4.69, 9.17) is 10.00 Å². The first kappa shape index (κ1) is 21.0. The largest absolute Gasteiger partial charge is 0.467 e. The molecular weight excluding hydrogens is 338 g/mol. The van der Waals surface area contributed by atoms with Gasteiger partial charge < -0.3 is 20.1 Å². The summed E-state index contributed by atoms with van der Waals surface area (Å²) in [7, 11) is 1.23. The average Bonchev–Trinajstić information content (AvgIpc) is 2.67. The topological polar surface area (TPSA) is 118 Å². The van der Waals surface area contributed by atoms with Crippen LogP contribution in [0.5, 0.6) is 0 Å². The minimum atomic E-state index is -0.812. The second-order valence-electron chi connectivity index (χ2n) is 5.46. The molecule has 1 aromatic rings. The van der Waals surface area contributed by atoms with Crippen LogP contribution in [0.15, 0.2) is 30.3 Å². The van der Waals surface area contributed by atoms with E-state index in [1.807, 2.05) is 36.4 Å². The fourth-order valence-electron chi connectivity index (χ4n) is 2.12. The number of hydrogen-bond acceptors (Lipinski definition) is 6. The highest BCUT2D eigenvalue weighted by Crippen LogP contribution is 2.05. The maximum atomic E-state index is 11.9. The molecule has 140 valence electrons. The van der Waals surface area contributed by atoms with Crippen LogP contribution in [0.3, 0.4) is 0 Å². The van der Waals surface area contributed by atoms with Gasteiger partial charge in [0.2, 0.25) is 5.91 Å². The fourth-order valence-corrected chi connectivity index (χ4v) is 2.12. The number of ether oxygens (including phenoxy) is 2. The Balaban J connectivity index is 2.33. The maximum Gasteiger partial charge on any atom is 0.407 e. The molecule has 0 spiro atoms. The number of alkyl carbamates (subject to hydrolysis) is 1. The number of hydrogen-bond donors (Lipinski definition) is 2. The molecular formula is C18H23N3O5. The molecule has 0 radical (unpaired) electrons. The van der Waals surface area contributed by atoms with Crippen molar-refractivity contribution in [3.63, 3.8) is 0 Å². The Morgan fingerprint density at radius 1 is 1.19 bits per heavy atom. The fraction of sp³-hybridized carbons (Fsp3) is 0.444. The van der Waals surface area contributed by atoms with Crippen LogP contribution in [0.4, 0.5) is 4.79 Å². The molecule has 2 amide bonds. The summed E-state index contributed by atoms with van der Waals surface area (Å²) in [6.45, 7) is -0.225. The smallest absolute Gasteiger partial charge is 0.407 e. The molecule has 0 aliphatic carbocycles. The number of nitriles is 1. The van der Waals surface area contributed by atoms with Gasteiger partial charge in [-0.05, 0) is 24.8 Å². The number of rotatable bonds is 10. The molecule has 0 heterocycles. The van der Waals surface area contributed by atoms with Gasteiger partial charge in [-0.2, -0.15) is 5.26 Å². The van der Waals surface area contributed by atoms with Gasteiger partial charge >= 0.3 is 12.1 Å². The molecule has 1 atom stereocenters. The summed E-state index contributed by atoms with van der Waals surface area (Å²) in [6, 6.07) is 10.3. The first-order valence-electron chi connectivity index (χ1n) is 8.25.